The molecule has 0 radical (unpaired) electrons. The van der Waals surface area contributed by atoms with Crippen molar-refractivity contribution in [1.82, 2.24) is 10.2 Å². The fourth-order valence-electron chi connectivity index (χ4n) is 3.66. The molecule has 1 saturated heterocycles. The summed E-state index contributed by atoms with van der Waals surface area (Å²) in [6.07, 6.45) is 0.506. The lowest BCUT2D eigenvalue weighted by Crippen LogP contribution is -2.51. The van der Waals surface area contributed by atoms with Gasteiger partial charge in [-0.15, -0.1) is 0 Å². The molecule has 6 heteroatoms. The summed E-state index contributed by atoms with van der Waals surface area (Å²) < 4.78 is 0. The first-order valence-electron chi connectivity index (χ1n) is 10.3. The van der Waals surface area contributed by atoms with E-state index in [1.165, 1.54) is 6.92 Å². The molecule has 2 aromatic carbocycles. The van der Waals surface area contributed by atoms with Crippen molar-refractivity contribution in [2.75, 3.05) is 37.6 Å². The molecule has 0 spiro atoms. The van der Waals surface area contributed by atoms with Crippen molar-refractivity contribution in [2.24, 2.45) is 0 Å². The van der Waals surface area contributed by atoms with Crippen LogP contribution in [0.15, 0.2) is 54.6 Å². The van der Waals surface area contributed by atoms with E-state index in [1.807, 2.05) is 54.6 Å². The van der Waals surface area contributed by atoms with Crippen LogP contribution in [0.3, 0.4) is 0 Å². The van der Waals surface area contributed by atoms with Gasteiger partial charge in [0.15, 0.2) is 11.6 Å². The second kappa shape index (κ2) is 10.2. The Balaban J connectivity index is 1.48. The van der Waals surface area contributed by atoms with Gasteiger partial charge in [-0.3, -0.25) is 19.3 Å². The Morgan fingerprint density at radius 1 is 0.900 bits per heavy atom. The van der Waals surface area contributed by atoms with Crippen molar-refractivity contribution >= 4 is 23.2 Å². The fraction of sp³-hybridized carbons (Fsp3) is 0.375. The summed E-state index contributed by atoms with van der Waals surface area (Å²) in [7, 11) is 0. The standard InChI is InChI=1S/C24H29N3O3/c1-18(28)21-8-10-22(11-9-21)27-14-12-26(13-15-27)17-24(30)25-23(19(2)29)16-20-6-4-3-5-7-20/h3-11,23H,12-17H2,1-2H3,(H,25,30)/t23-/m0/s1. The number of nitrogens with zero attached hydrogens (tertiary/aromatic N) is 2. The maximum Gasteiger partial charge on any atom is 0.234 e. The number of Topliss-reactive ketones (excluding diaryl/α,β-unsaturated/α-hetero) is 2. The number of ketones is 2. The van der Waals surface area contributed by atoms with Gasteiger partial charge < -0.3 is 10.2 Å². The number of amides is 1. The largest absolute Gasteiger partial charge is 0.369 e. The van der Waals surface area contributed by atoms with Crippen LogP contribution in [0.4, 0.5) is 5.69 Å². The minimum absolute atomic E-state index is 0.0361. The van der Waals surface area contributed by atoms with Crippen molar-refractivity contribution in [1.29, 1.82) is 0 Å². The number of hydrogen-bond acceptors (Lipinski definition) is 5. The molecule has 0 bridgehead atoms. The summed E-state index contributed by atoms with van der Waals surface area (Å²) >= 11 is 0. The lowest BCUT2D eigenvalue weighted by molar-refractivity contribution is -0.127. The van der Waals surface area contributed by atoms with Gasteiger partial charge in [0.2, 0.25) is 5.91 Å². The number of carbonyl (C=O) groups is 3. The molecule has 1 amide bonds. The van der Waals surface area contributed by atoms with Crippen molar-refractivity contribution < 1.29 is 14.4 Å². The Labute approximate surface area is 177 Å². The number of piperazine rings is 1. The van der Waals surface area contributed by atoms with E-state index in [2.05, 4.69) is 15.1 Å². The lowest BCUT2D eigenvalue weighted by Gasteiger charge is -2.36. The van der Waals surface area contributed by atoms with Gasteiger partial charge in [-0.1, -0.05) is 30.3 Å². The minimum atomic E-state index is -0.499. The van der Waals surface area contributed by atoms with Gasteiger partial charge in [0.25, 0.3) is 0 Å². The van der Waals surface area contributed by atoms with Crippen LogP contribution in [0.2, 0.25) is 0 Å². The van der Waals surface area contributed by atoms with E-state index in [4.69, 9.17) is 0 Å². The zero-order valence-corrected chi connectivity index (χ0v) is 17.6. The van der Waals surface area contributed by atoms with Gasteiger partial charge in [0.05, 0.1) is 12.6 Å². The molecule has 0 unspecified atom stereocenters. The molecule has 0 saturated carbocycles. The highest BCUT2D eigenvalue weighted by molar-refractivity contribution is 5.94. The summed E-state index contributed by atoms with van der Waals surface area (Å²) in [5.74, 6) is -0.0927. The van der Waals surface area contributed by atoms with E-state index in [0.29, 0.717) is 12.0 Å². The highest BCUT2D eigenvalue weighted by atomic mass is 16.2. The van der Waals surface area contributed by atoms with Crippen LogP contribution in [0.25, 0.3) is 0 Å². The van der Waals surface area contributed by atoms with Crippen LogP contribution in [0.5, 0.6) is 0 Å². The molecule has 0 aliphatic carbocycles. The number of nitrogens with one attached hydrogen (secondary N) is 1. The fourth-order valence-corrected chi connectivity index (χ4v) is 3.66. The maximum atomic E-state index is 12.5. The smallest absolute Gasteiger partial charge is 0.234 e. The Hall–Kier alpha value is -2.99. The topological polar surface area (TPSA) is 69.7 Å². The number of rotatable bonds is 8. The van der Waals surface area contributed by atoms with Crippen molar-refractivity contribution in [3.8, 4) is 0 Å². The molecule has 1 fully saturated rings. The molecule has 3 rings (SSSR count). The third kappa shape index (κ3) is 6.00. The average Bonchev–Trinajstić information content (AvgIpc) is 2.74. The molecule has 30 heavy (non-hydrogen) atoms. The quantitative estimate of drug-likeness (QED) is 0.680. The van der Waals surface area contributed by atoms with Gasteiger partial charge in [0, 0.05) is 37.4 Å². The third-order valence-corrected chi connectivity index (χ3v) is 5.49. The van der Waals surface area contributed by atoms with E-state index < -0.39 is 6.04 Å². The third-order valence-electron chi connectivity index (χ3n) is 5.49. The Morgan fingerprint density at radius 3 is 2.10 bits per heavy atom. The average molecular weight is 408 g/mol. The van der Waals surface area contributed by atoms with Crippen LogP contribution in [-0.4, -0.2) is 61.1 Å². The Bertz CT molecular complexity index is 872. The van der Waals surface area contributed by atoms with Gasteiger partial charge in [-0.05, 0) is 50.1 Å². The van der Waals surface area contributed by atoms with Gasteiger partial charge in [0.1, 0.15) is 0 Å². The molecule has 1 N–H and O–H groups in total. The van der Waals surface area contributed by atoms with E-state index >= 15 is 0 Å². The van der Waals surface area contributed by atoms with Crippen molar-refractivity contribution in [3.05, 3.63) is 65.7 Å². The molecule has 0 aromatic heterocycles. The SMILES string of the molecule is CC(=O)c1ccc(N2CCN(CC(=O)N[C@@H](Cc3ccccc3)C(C)=O)CC2)cc1. The number of hydrogen-bond donors (Lipinski definition) is 1. The summed E-state index contributed by atoms with van der Waals surface area (Å²) in [6.45, 7) is 6.53. The predicted octanol–water partition coefficient (Wildman–Crippen LogP) is 2.33. The molecule has 2 aromatic rings. The van der Waals surface area contributed by atoms with Crippen LogP contribution in [0, 0.1) is 0 Å². The second-order valence-corrected chi connectivity index (χ2v) is 7.79. The first-order valence-corrected chi connectivity index (χ1v) is 10.3. The molecule has 1 heterocycles. The van der Waals surface area contributed by atoms with Gasteiger partial charge in [-0.25, -0.2) is 0 Å². The normalized spacial score (nSPS) is 15.5. The second-order valence-electron chi connectivity index (χ2n) is 7.79. The first kappa shape index (κ1) is 21.7. The van der Waals surface area contributed by atoms with E-state index in [9.17, 15) is 14.4 Å². The summed E-state index contributed by atoms with van der Waals surface area (Å²) in [4.78, 5) is 40.3. The number of anilines is 1. The summed E-state index contributed by atoms with van der Waals surface area (Å²) in [5.41, 5.74) is 2.83. The zero-order valence-electron chi connectivity index (χ0n) is 17.6. The van der Waals surface area contributed by atoms with Crippen LogP contribution >= 0.6 is 0 Å². The molecule has 6 nitrogen and oxygen atoms in total. The lowest BCUT2D eigenvalue weighted by atomic mass is 10.0. The van der Waals surface area contributed by atoms with Crippen LogP contribution < -0.4 is 10.2 Å². The highest BCUT2D eigenvalue weighted by Crippen LogP contribution is 2.17. The van der Waals surface area contributed by atoms with Gasteiger partial charge >= 0.3 is 0 Å². The predicted molar refractivity (Wildman–Crippen MR) is 118 cm³/mol. The molecule has 1 aliphatic heterocycles. The van der Waals surface area contributed by atoms with Crippen molar-refractivity contribution in [3.63, 3.8) is 0 Å². The Kier molecular flexibility index (Phi) is 7.36. The monoisotopic (exact) mass is 407 g/mol. The highest BCUT2D eigenvalue weighted by Gasteiger charge is 2.22. The minimum Gasteiger partial charge on any atom is -0.369 e. The molecule has 1 atom stereocenters. The first-order chi connectivity index (χ1) is 14.4. The Morgan fingerprint density at radius 2 is 1.53 bits per heavy atom. The van der Waals surface area contributed by atoms with Crippen LogP contribution in [-0.2, 0) is 16.0 Å². The zero-order chi connectivity index (χ0) is 21.5. The molecule has 1 aliphatic rings. The molecular formula is C24H29N3O3. The van der Waals surface area contributed by atoms with E-state index in [1.54, 1.807) is 6.92 Å². The van der Waals surface area contributed by atoms with Crippen molar-refractivity contribution in [2.45, 2.75) is 26.3 Å². The molecular weight excluding hydrogens is 378 g/mol. The summed E-state index contributed by atoms with van der Waals surface area (Å²) in [5, 5.41) is 2.90. The maximum absolute atomic E-state index is 12.5. The summed E-state index contributed by atoms with van der Waals surface area (Å²) in [6, 6.07) is 16.9. The van der Waals surface area contributed by atoms with Gasteiger partial charge in [-0.2, -0.15) is 0 Å². The van der Waals surface area contributed by atoms with Crippen LogP contribution in [0.1, 0.15) is 29.8 Å². The number of carbonyl (C=O) groups excluding carboxylic acids is 3. The van der Waals surface area contributed by atoms with E-state index in [0.717, 1.165) is 37.4 Å². The number of benzene rings is 2. The van der Waals surface area contributed by atoms with E-state index in [-0.39, 0.29) is 24.0 Å². The molecule has 158 valence electrons.